The number of likely N-dealkylation sites (tertiary alicyclic amines) is 1. The molecule has 0 radical (unpaired) electrons. The molecule has 2 amide bonds. The number of carbonyl (C=O) groups excluding carboxylic acids is 2. The third-order valence-corrected chi connectivity index (χ3v) is 7.19. The molecule has 2 saturated heterocycles. The number of nitrogens with zero attached hydrogens (tertiary/aromatic N) is 1. The van der Waals surface area contributed by atoms with Gasteiger partial charge in [0.1, 0.15) is 0 Å². The number of hydrogen-bond acceptors (Lipinski definition) is 3. The Bertz CT molecular complexity index is 501. The van der Waals surface area contributed by atoms with Gasteiger partial charge in [0.2, 0.25) is 11.8 Å². The first-order chi connectivity index (χ1) is 11.6. The summed E-state index contributed by atoms with van der Waals surface area (Å²) < 4.78 is 5.73. The van der Waals surface area contributed by atoms with E-state index in [2.05, 4.69) is 4.90 Å². The van der Waals surface area contributed by atoms with Crippen molar-refractivity contribution in [2.45, 2.75) is 63.9 Å². The Hall–Kier alpha value is -1.10. The number of primary amides is 1. The van der Waals surface area contributed by atoms with E-state index in [0.29, 0.717) is 29.8 Å². The van der Waals surface area contributed by atoms with Crippen LogP contribution in [0.15, 0.2) is 0 Å². The molecular weight excluding hydrogens is 304 g/mol. The predicted octanol–water partition coefficient (Wildman–Crippen LogP) is 2.09. The van der Waals surface area contributed by atoms with Crippen LogP contribution in [0.2, 0.25) is 0 Å². The molecule has 4 rings (SSSR count). The number of ether oxygens (including phenoxy) is 1. The van der Waals surface area contributed by atoms with Gasteiger partial charge >= 0.3 is 0 Å². The topological polar surface area (TPSA) is 72.6 Å². The van der Waals surface area contributed by atoms with Gasteiger partial charge in [0, 0.05) is 25.6 Å². The normalized spacial score (nSPS) is 33.2. The lowest BCUT2D eigenvalue weighted by molar-refractivity contribution is -0.149. The van der Waals surface area contributed by atoms with Gasteiger partial charge in [-0.1, -0.05) is 6.42 Å². The average molecular weight is 334 g/mol. The molecular formula is C19H30N2O3. The first-order valence-corrected chi connectivity index (χ1v) is 9.76. The number of nitrogens with two attached hydrogens (primary N) is 1. The highest BCUT2D eigenvalue weighted by Gasteiger charge is 2.51. The van der Waals surface area contributed by atoms with Crippen LogP contribution in [0.3, 0.4) is 0 Å². The van der Waals surface area contributed by atoms with Crippen LogP contribution in [-0.2, 0) is 14.3 Å². The largest absolute Gasteiger partial charge is 0.377 e. The summed E-state index contributed by atoms with van der Waals surface area (Å²) in [6, 6.07) is 0. The Morgan fingerprint density at radius 1 is 1.12 bits per heavy atom. The smallest absolute Gasteiger partial charge is 0.225 e. The molecule has 0 aromatic carbocycles. The van der Waals surface area contributed by atoms with E-state index in [9.17, 15) is 9.59 Å². The minimum atomic E-state index is -0.222. The van der Waals surface area contributed by atoms with Gasteiger partial charge in [-0.25, -0.2) is 0 Å². The van der Waals surface area contributed by atoms with Crippen molar-refractivity contribution in [2.75, 3.05) is 19.7 Å². The summed E-state index contributed by atoms with van der Waals surface area (Å²) in [7, 11) is 0. The minimum absolute atomic E-state index is 0.000131. The summed E-state index contributed by atoms with van der Waals surface area (Å²) in [5.74, 6) is 0.925. The van der Waals surface area contributed by atoms with Crippen molar-refractivity contribution in [1.29, 1.82) is 0 Å². The van der Waals surface area contributed by atoms with Gasteiger partial charge in [-0.05, 0) is 62.7 Å². The number of rotatable bonds is 4. The van der Waals surface area contributed by atoms with Crippen LogP contribution in [0.25, 0.3) is 0 Å². The molecule has 2 atom stereocenters. The van der Waals surface area contributed by atoms with E-state index in [0.717, 1.165) is 51.6 Å². The molecule has 2 heterocycles. The van der Waals surface area contributed by atoms with Gasteiger partial charge in [-0.3, -0.25) is 9.59 Å². The zero-order valence-electron chi connectivity index (χ0n) is 14.5. The quantitative estimate of drug-likeness (QED) is 0.855. The van der Waals surface area contributed by atoms with Crippen LogP contribution in [0.5, 0.6) is 0 Å². The summed E-state index contributed by atoms with van der Waals surface area (Å²) in [5.41, 5.74) is 6.05. The average Bonchev–Trinajstić information content (AvgIpc) is 2.93. The summed E-state index contributed by atoms with van der Waals surface area (Å²) in [5, 5.41) is 0. The monoisotopic (exact) mass is 334 g/mol. The Morgan fingerprint density at radius 3 is 2.42 bits per heavy atom. The van der Waals surface area contributed by atoms with Crippen LogP contribution in [0, 0.1) is 23.2 Å². The summed E-state index contributed by atoms with van der Waals surface area (Å²) >= 11 is 0. The van der Waals surface area contributed by atoms with E-state index in [1.165, 1.54) is 19.3 Å². The number of amides is 2. The maximum atomic E-state index is 12.6. The van der Waals surface area contributed by atoms with Gasteiger partial charge in [-0.15, -0.1) is 0 Å². The maximum Gasteiger partial charge on any atom is 0.225 e. The Morgan fingerprint density at radius 2 is 1.83 bits per heavy atom. The third-order valence-electron chi connectivity index (χ3n) is 7.19. The second-order valence-electron chi connectivity index (χ2n) is 8.67. The summed E-state index contributed by atoms with van der Waals surface area (Å²) in [4.78, 5) is 26.2. The second-order valence-corrected chi connectivity index (χ2v) is 8.67. The van der Waals surface area contributed by atoms with Crippen LogP contribution >= 0.6 is 0 Å². The fraction of sp³-hybridized carbons (Fsp3) is 0.895. The van der Waals surface area contributed by atoms with E-state index >= 15 is 0 Å². The van der Waals surface area contributed by atoms with Crippen LogP contribution < -0.4 is 5.73 Å². The van der Waals surface area contributed by atoms with Crippen LogP contribution in [-0.4, -0.2) is 42.5 Å². The van der Waals surface area contributed by atoms with Gasteiger partial charge in [0.05, 0.1) is 12.0 Å². The first-order valence-electron chi connectivity index (χ1n) is 9.76. The van der Waals surface area contributed by atoms with Crippen molar-refractivity contribution in [3.8, 4) is 0 Å². The lowest BCUT2D eigenvalue weighted by atomic mass is 9.51. The SMILES string of the molecule is NC(=O)[C@@H]1CCO[C@@H]1CC1CCN(C(=O)C2CC3(CCC3)C2)CC1. The van der Waals surface area contributed by atoms with Crippen molar-refractivity contribution < 1.29 is 14.3 Å². The lowest BCUT2D eigenvalue weighted by Crippen LogP contribution is -2.51. The van der Waals surface area contributed by atoms with Crippen molar-refractivity contribution >= 4 is 11.8 Å². The molecule has 0 bridgehead atoms. The summed E-state index contributed by atoms with van der Waals surface area (Å²) in [6.07, 6.45) is 10.1. The zero-order valence-corrected chi connectivity index (χ0v) is 14.5. The highest BCUT2D eigenvalue weighted by Crippen LogP contribution is 2.59. The molecule has 24 heavy (non-hydrogen) atoms. The number of piperidine rings is 1. The van der Waals surface area contributed by atoms with Crippen molar-refractivity contribution in [3.05, 3.63) is 0 Å². The molecule has 4 fully saturated rings. The Balaban J connectivity index is 1.22. The Labute approximate surface area is 144 Å². The fourth-order valence-electron chi connectivity index (χ4n) is 5.43. The zero-order chi connectivity index (χ0) is 16.7. The van der Waals surface area contributed by atoms with E-state index in [1.54, 1.807) is 0 Å². The first kappa shape index (κ1) is 16.4. The second kappa shape index (κ2) is 6.32. The molecule has 5 heteroatoms. The van der Waals surface area contributed by atoms with E-state index < -0.39 is 0 Å². The highest BCUT2D eigenvalue weighted by molar-refractivity contribution is 5.80. The predicted molar refractivity (Wildman–Crippen MR) is 90.0 cm³/mol. The molecule has 2 aliphatic carbocycles. The van der Waals surface area contributed by atoms with Gasteiger partial charge in [-0.2, -0.15) is 0 Å². The van der Waals surface area contributed by atoms with Crippen molar-refractivity contribution in [2.24, 2.45) is 28.9 Å². The van der Waals surface area contributed by atoms with E-state index in [4.69, 9.17) is 10.5 Å². The molecule has 2 aliphatic heterocycles. The Kier molecular flexibility index (Phi) is 4.31. The minimum Gasteiger partial charge on any atom is -0.377 e. The number of carbonyl (C=O) groups is 2. The lowest BCUT2D eigenvalue weighted by Gasteiger charge is -2.54. The third kappa shape index (κ3) is 2.96. The summed E-state index contributed by atoms with van der Waals surface area (Å²) in [6.45, 7) is 2.40. The van der Waals surface area contributed by atoms with Gasteiger partial charge < -0.3 is 15.4 Å². The van der Waals surface area contributed by atoms with E-state index in [-0.39, 0.29) is 17.9 Å². The van der Waals surface area contributed by atoms with E-state index in [1.807, 2.05) is 0 Å². The molecule has 0 unspecified atom stereocenters. The molecule has 2 N–H and O–H groups in total. The number of hydrogen-bond donors (Lipinski definition) is 1. The fourth-order valence-corrected chi connectivity index (χ4v) is 5.43. The van der Waals surface area contributed by atoms with Gasteiger partial charge in [0.25, 0.3) is 0 Å². The molecule has 1 spiro atoms. The van der Waals surface area contributed by atoms with Crippen LogP contribution in [0.4, 0.5) is 0 Å². The van der Waals surface area contributed by atoms with Crippen molar-refractivity contribution in [3.63, 3.8) is 0 Å². The maximum absolute atomic E-state index is 12.6. The highest BCUT2D eigenvalue weighted by atomic mass is 16.5. The molecule has 5 nitrogen and oxygen atoms in total. The molecule has 0 aromatic rings. The molecule has 4 aliphatic rings. The standard InChI is InChI=1S/C19H30N2O3/c20-17(22)15-4-9-24-16(15)10-13-2-7-21(8-3-13)18(23)14-11-19(12-14)5-1-6-19/h13-16H,1-12H2,(H2,20,22)/t15-,16-/m1/s1. The molecule has 2 saturated carbocycles. The van der Waals surface area contributed by atoms with Crippen molar-refractivity contribution in [1.82, 2.24) is 4.90 Å². The van der Waals surface area contributed by atoms with Gasteiger partial charge in [0.15, 0.2) is 0 Å². The molecule has 0 aromatic heterocycles. The van der Waals surface area contributed by atoms with Crippen LogP contribution in [0.1, 0.15) is 57.8 Å². The molecule has 134 valence electrons.